The third-order valence-corrected chi connectivity index (χ3v) is 3.11. The molecule has 1 aliphatic heterocycles. The number of alkyl halides is 2. The third kappa shape index (κ3) is 3.82. The Bertz CT molecular complexity index is 132. The zero-order valence-corrected chi connectivity index (χ0v) is 8.90. The van der Waals surface area contributed by atoms with Crippen LogP contribution in [0.5, 0.6) is 0 Å². The fraction of sp³-hybridized carbons (Fsp3) is 1.00. The largest absolute Gasteiger partial charge is 0.299 e. The second-order valence-corrected chi connectivity index (χ2v) is 4.04. The topological polar surface area (TPSA) is 3.24 Å². The molecule has 1 saturated heterocycles. The van der Waals surface area contributed by atoms with E-state index < -0.39 is 0 Å². The number of nitrogens with zero attached hydrogens (tertiary/aromatic N) is 1. The Kier molecular flexibility index (Phi) is 5.72. The van der Waals surface area contributed by atoms with E-state index in [1.807, 2.05) is 0 Å². The molecule has 1 rings (SSSR count). The van der Waals surface area contributed by atoms with Crippen LogP contribution in [0.15, 0.2) is 0 Å². The van der Waals surface area contributed by atoms with Crippen molar-refractivity contribution in [2.75, 3.05) is 25.6 Å². The lowest BCUT2D eigenvalue weighted by Crippen LogP contribution is -2.37. The maximum atomic E-state index is 12.0. The van der Waals surface area contributed by atoms with Crippen LogP contribution >= 0.6 is 11.6 Å². The van der Waals surface area contributed by atoms with Crippen molar-refractivity contribution in [2.24, 2.45) is 0 Å². The van der Waals surface area contributed by atoms with Gasteiger partial charge in [-0.15, -0.1) is 11.6 Å². The van der Waals surface area contributed by atoms with Crippen molar-refractivity contribution in [3.8, 4) is 0 Å². The molecule has 0 aromatic carbocycles. The number of likely N-dealkylation sites (tertiary alicyclic amines) is 1. The number of hydrogen-bond donors (Lipinski definition) is 0. The maximum Gasteiger partial charge on any atom is 0.0906 e. The minimum Gasteiger partial charge on any atom is -0.299 e. The molecule has 13 heavy (non-hydrogen) atoms. The van der Waals surface area contributed by atoms with Gasteiger partial charge >= 0.3 is 0 Å². The molecule has 0 amide bonds. The Hall–Kier alpha value is 0.180. The van der Waals surface area contributed by atoms with Crippen LogP contribution in [0.1, 0.15) is 32.1 Å². The van der Waals surface area contributed by atoms with Gasteiger partial charge in [-0.3, -0.25) is 9.29 Å². The Balaban J connectivity index is 2.34. The van der Waals surface area contributed by atoms with Crippen molar-refractivity contribution >= 4 is 11.6 Å². The van der Waals surface area contributed by atoms with Gasteiger partial charge in [0.2, 0.25) is 0 Å². The van der Waals surface area contributed by atoms with E-state index in [-0.39, 0.29) is 6.67 Å². The van der Waals surface area contributed by atoms with Gasteiger partial charge in [0.05, 0.1) is 6.67 Å². The molecule has 78 valence electrons. The molecular weight excluding hydrogens is 189 g/mol. The Morgan fingerprint density at radius 3 is 2.85 bits per heavy atom. The van der Waals surface area contributed by atoms with Crippen LogP contribution in [-0.2, 0) is 0 Å². The molecule has 1 aliphatic rings. The highest BCUT2D eigenvalue weighted by Crippen LogP contribution is 2.17. The van der Waals surface area contributed by atoms with Crippen LogP contribution in [0.2, 0.25) is 0 Å². The predicted molar refractivity (Wildman–Crippen MR) is 55.1 cm³/mol. The highest BCUT2D eigenvalue weighted by Gasteiger charge is 2.19. The molecule has 0 aromatic heterocycles. The average Bonchev–Trinajstić information content (AvgIpc) is 2.39. The van der Waals surface area contributed by atoms with Gasteiger partial charge < -0.3 is 0 Å². The SMILES string of the molecule is FCCCN1CCCCCC1CCl. The summed E-state index contributed by atoms with van der Waals surface area (Å²) >= 11 is 5.89. The summed E-state index contributed by atoms with van der Waals surface area (Å²) in [4.78, 5) is 2.36. The first-order valence-corrected chi connectivity index (χ1v) is 5.78. The molecule has 1 fully saturated rings. The molecule has 0 N–H and O–H groups in total. The highest BCUT2D eigenvalue weighted by atomic mass is 35.5. The number of rotatable bonds is 4. The Morgan fingerprint density at radius 1 is 1.31 bits per heavy atom. The third-order valence-electron chi connectivity index (χ3n) is 2.76. The zero-order valence-electron chi connectivity index (χ0n) is 8.14. The van der Waals surface area contributed by atoms with Gasteiger partial charge in [0, 0.05) is 18.5 Å². The van der Waals surface area contributed by atoms with Gasteiger partial charge in [0.1, 0.15) is 0 Å². The van der Waals surface area contributed by atoms with Crippen LogP contribution in [0.25, 0.3) is 0 Å². The molecule has 0 aliphatic carbocycles. The van der Waals surface area contributed by atoms with Gasteiger partial charge in [-0.05, 0) is 25.8 Å². The lowest BCUT2D eigenvalue weighted by Gasteiger charge is -2.27. The van der Waals surface area contributed by atoms with Crippen LogP contribution in [-0.4, -0.2) is 36.6 Å². The minimum absolute atomic E-state index is 0.203. The van der Waals surface area contributed by atoms with Crippen LogP contribution in [0.4, 0.5) is 4.39 Å². The van der Waals surface area contributed by atoms with E-state index >= 15 is 0 Å². The van der Waals surface area contributed by atoms with Crippen molar-refractivity contribution in [1.29, 1.82) is 0 Å². The second-order valence-electron chi connectivity index (χ2n) is 3.74. The first-order chi connectivity index (χ1) is 6.38. The average molecular weight is 208 g/mol. The van der Waals surface area contributed by atoms with E-state index in [1.54, 1.807) is 0 Å². The van der Waals surface area contributed by atoms with Gasteiger partial charge in [-0.2, -0.15) is 0 Å². The second kappa shape index (κ2) is 6.61. The van der Waals surface area contributed by atoms with Crippen LogP contribution in [0, 0.1) is 0 Å². The monoisotopic (exact) mass is 207 g/mol. The summed E-state index contributed by atoms with van der Waals surface area (Å²) in [5.41, 5.74) is 0. The predicted octanol–water partition coefficient (Wildman–Crippen LogP) is 2.83. The van der Waals surface area contributed by atoms with Gasteiger partial charge in [0.15, 0.2) is 0 Å². The smallest absolute Gasteiger partial charge is 0.0906 e. The summed E-state index contributed by atoms with van der Waals surface area (Å²) in [5.74, 6) is 0.701. The van der Waals surface area contributed by atoms with Crippen molar-refractivity contribution in [3.05, 3.63) is 0 Å². The summed E-state index contributed by atoms with van der Waals surface area (Å²) in [6.07, 6.45) is 5.69. The quantitative estimate of drug-likeness (QED) is 0.641. The molecule has 3 heteroatoms. The normalized spacial score (nSPS) is 25.8. The standard InChI is InChI=1S/C10H19ClFN/c11-9-10-5-2-1-3-7-13(10)8-4-6-12/h10H,1-9H2. The summed E-state index contributed by atoms with van der Waals surface area (Å²) in [5, 5.41) is 0. The fourth-order valence-corrected chi connectivity index (χ4v) is 2.32. The zero-order chi connectivity index (χ0) is 9.52. The molecule has 0 spiro atoms. The lowest BCUT2D eigenvalue weighted by molar-refractivity contribution is 0.206. The fourth-order valence-electron chi connectivity index (χ4n) is 1.97. The van der Waals surface area contributed by atoms with E-state index in [0.29, 0.717) is 18.3 Å². The van der Waals surface area contributed by atoms with Crippen molar-refractivity contribution < 1.29 is 4.39 Å². The van der Waals surface area contributed by atoms with Gasteiger partial charge in [0.25, 0.3) is 0 Å². The molecule has 0 saturated carbocycles. The van der Waals surface area contributed by atoms with Crippen LogP contribution < -0.4 is 0 Å². The van der Waals surface area contributed by atoms with E-state index in [1.165, 1.54) is 25.7 Å². The molecule has 0 aromatic rings. The molecule has 1 nitrogen and oxygen atoms in total. The molecule has 1 unspecified atom stereocenters. The van der Waals surface area contributed by atoms with Crippen molar-refractivity contribution in [2.45, 2.75) is 38.1 Å². The van der Waals surface area contributed by atoms with Gasteiger partial charge in [-0.1, -0.05) is 12.8 Å². The van der Waals surface area contributed by atoms with E-state index in [4.69, 9.17) is 11.6 Å². The first kappa shape index (κ1) is 11.3. The molecule has 0 radical (unpaired) electrons. The molecule has 1 heterocycles. The Labute approximate surface area is 85.2 Å². The van der Waals surface area contributed by atoms with Crippen molar-refractivity contribution in [1.82, 2.24) is 4.90 Å². The molecule has 0 bridgehead atoms. The van der Waals surface area contributed by atoms with Crippen LogP contribution in [0.3, 0.4) is 0 Å². The molecular formula is C10H19ClFN. The lowest BCUT2D eigenvalue weighted by atomic mass is 10.1. The maximum absolute atomic E-state index is 12.0. The summed E-state index contributed by atoms with van der Waals surface area (Å²) in [7, 11) is 0. The van der Waals surface area contributed by atoms with E-state index in [9.17, 15) is 4.39 Å². The van der Waals surface area contributed by atoms with Crippen molar-refractivity contribution in [3.63, 3.8) is 0 Å². The first-order valence-electron chi connectivity index (χ1n) is 5.24. The van der Waals surface area contributed by atoms with E-state index in [2.05, 4.69) is 4.90 Å². The minimum atomic E-state index is -0.203. The number of halogens is 2. The summed E-state index contributed by atoms with van der Waals surface area (Å²) in [6, 6.07) is 0.496. The summed E-state index contributed by atoms with van der Waals surface area (Å²) in [6.45, 7) is 1.79. The summed E-state index contributed by atoms with van der Waals surface area (Å²) < 4.78 is 12.0. The van der Waals surface area contributed by atoms with E-state index in [0.717, 1.165) is 13.1 Å². The number of hydrogen-bond acceptors (Lipinski definition) is 1. The highest BCUT2D eigenvalue weighted by molar-refractivity contribution is 6.18. The van der Waals surface area contributed by atoms with Gasteiger partial charge in [-0.25, -0.2) is 0 Å². The Morgan fingerprint density at radius 2 is 2.15 bits per heavy atom. The molecule has 1 atom stereocenters.